The van der Waals surface area contributed by atoms with Crippen LogP contribution in [0.4, 0.5) is 5.69 Å². The zero-order valence-electron chi connectivity index (χ0n) is 10.5. The standard InChI is InChI=1S/C13H14N4O2/c1-17-12(8-3-5-11(18)15-13(8)19)9-6-7(14)2-4-10(9)16-17/h2,4,6,8H,3,5,14H2,1H3,(H,15,18,19). The molecular weight excluding hydrogens is 244 g/mol. The van der Waals surface area contributed by atoms with Gasteiger partial charge in [-0.2, -0.15) is 5.10 Å². The molecule has 1 aromatic heterocycles. The summed E-state index contributed by atoms with van der Waals surface area (Å²) in [6.45, 7) is 0. The van der Waals surface area contributed by atoms with Gasteiger partial charge in [0.25, 0.3) is 0 Å². The van der Waals surface area contributed by atoms with Gasteiger partial charge in [0.1, 0.15) is 0 Å². The topological polar surface area (TPSA) is 90.0 Å². The van der Waals surface area contributed by atoms with E-state index in [1.807, 2.05) is 12.1 Å². The number of nitrogens with zero attached hydrogens (tertiary/aromatic N) is 2. The lowest BCUT2D eigenvalue weighted by molar-refractivity contribution is -0.134. The average Bonchev–Trinajstić information content (AvgIpc) is 2.65. The van der Waals surface area contributed by atoms with Gasteiger partial charge in [-0.05, 0) is 24.6 Å². The van der Waals surface area contributed by atoms with Gasteiger partial charge < -0.3 is 5.73 Å². The quantitative estimate of drug-likeness (QED) is 0.581. The number of carbonyl (C=O) groups is 2. The van der Waals surface area contributed by atoms with Crippen molar-refractivity contribution in [2.45, 2.75) is 18.8 Å². The second kappa shape index (κ2) is 4.08. The molecule has 1 aliphatic rings. The Bertz CT molecular complexity index is 689. The third kappa shape index (κ3) is 1.85. The largest absolute Gasteiger partial charge is 0.399 e. The second-order valence-electron chi connectivity index (χ2n) is 4.79. The molecule has 0 radical (unpaired) electrons. The maximum Gasteiger partial charge on any atom is 0.235 e. The molecule has 19 heavy (non-hydrogen) atoms. The fourth-order valence-corrected chi connectivity index (χ4v) is 2.60. The van der Waals surface area contributed by atoms with Gasteiger partial charge in [0.15, 0.2) is 0 Å². The molecule has 0 bridgehead atoms. The summed E-state index contributed by atoms with van der Waals surface area (Å²) < 4.78 is 1.70. The van der Waals surface area contributed by atoms with E-state index in [2.05, 4.69) is 10.4 Å². The predicted octanol–water partition coefficient (Wildman–Crippen LogP) is 0.676. The fourth-order valence-electron chi connectivity index (χ4n) is 2.60. The summed E-state index contributed by atoms with van der Waals surface area (Å²) in [5.74, 6) is -0.828. The Kier molecular flexibility index (Phi) is 2.51. The number of hydrogen-bond acceptors (Lipinski definition) is 4. The molecule has 1 aliphatic heterocycles. The molecule has 1 fully saturated rings. The first-order valence-electron chi connectivity index (χ1n) is 6.12. The lowest BCUT2D eigenvalue weighted by Gasteiger charge is -2.21. The van der Waals surface area contributed by atoms with Crippen LogP contribution in [0.3, 0.4) is 0 Å². The minimum absolute atomic E-state index is 0.216. The van der Waals surface area contributed by atoms with Gasteiger partial charge in [0, 0.05) is 24.5 Å². The van der Waals surface area contributed by atoms with Gasteiger partial charge in [0.05, 0.1) is 17.1 Å². The van der Waals surface area contributed by atoms with Gasteiger partial charge in [-0.1, -0.05) is 0 Å². The van der Waals surface area contributed by atoms with Gasteiger partial charge in [-0.15, -0.1) is 0 Å². The van der Waals surface area contributed by atoms with Crippen LogP contribution in [0.5, 0.6) is 0 Å². The number of carbonyl (C=O) groups excluding carboxylic acids is 2. The molecule has 3 N–H and O–H groups in total. The van der Waals surface area contributed by atoms with Crippen molar-refractivity contribution in [1.29, 1.82) is 0 Å². The molecule has 0 saturated carbocycles. The van der Waals surface area contributed by atoms with Crippen LogP contribution in [-0.2, 0) is 16.6 Å². The summed E-state index contributed by atoms with van der Waals surface area (Å²) in [5.41, 5.74) is 8.04. The molecule has 98 valence electrons. The Morgan fingerprint density at radius 1 is 1.42 bits per heavy atom. The number of nitrogen functional groups attached to an aromatic ring is 1. The highest BCUT2D eigenvalue weighted by molar-refractivity contribution is 6.02. The summed E-state index contributed by atoms with van der Waals surface area (Å²) in [6.07, 6.45) is 0.861. The molecule has 1 atom stereocenters. The van der Waals surface area contributed by atoms with Crippen molar-refractivity contribution in [3.8, 4) is 0 Å². The predicted molar refractivity (Wildman–Crippen MR) is 70.3 cm³/mol. The van der Waals surface area contributed by atoms with Gasteiger partial charge in [0.2, 0.25) is 11.8 Å². The minimum atomic E-state index is -0.352. The van der Waals surface area contributed by atoms with E-state index in [-0.39, 0.29) is 17.7 Å². The van der Waals surface area contributed by atoms with Crippen LogP contribution in [-0.4, -0.2) is 21.6 Å². The molecule has 1 saturated heterocycles. The van der Waals surface area contributed by atoms with E-state index in [1.165, 1.54) is 0 Å². The van der Waals surface area contributed by atoms with Crippen molar-refractivity contribution in [2.75, 3.05) is 5.73 Å². The first kappa shape index (κ1) is 11.7. The molecule has 1 unspecified atom stereocenters. The molecule has 3 rings (SSSR count). The number of amides is 2. The van der Waals surface area contributed by atoms with Crippen molar-refractivity contribution in [3.63, 3.8) is 0 Å². The zero-order chi connectivity index (χ0) is 13.6. The first-order valence-corrected chi connectivity index (χ1v) is 6.12. The molecule has 2 heterocycles. The van der Waals surface area contributed by atoms with Gasteiger partial charge in [-0.25, -0.2) is 0 Å². The SMILES string of the molecule is Cn1nc2ccc(N)cc2c1C1CCC(=O)NC1=O. The highest BCUT2D eigenvalue weighted by Crippen LogP contribution is 2.31. The van der Waals surface area contributed by atoms with Crippen LogP contribution >= 0.6 is 0 Å². The van der Waals surface area contributed by atoms with E-state index < -0.39 is 0 Å². The van der Waals surface area contributed by atoms with Crippen molar-refractivity contribution in [2.24, 2.45) is 7.05 Å². The first-order chi connectivity index (χ1) is 9.06. The maximum atomic E-state index is 12.0. The molecular formula is C13H14N4O2. The number of nitrogens with one attached hydrogen (secondary N) is 1. The Hall–Kier alpha value is -2.37. The molecule has 2 amide bonds. The number of aromatic nitrogens is 2. The number of fused-ring (bicyclic) bond motifs is 1. The highest BCUT2D eigenvalue weighted by atomic mass is 16.2. The second-order valence-corrected chi connectivity index (χ2v) is 4.79. The van der Waals surface area contributed by atoms with E-state index in [1.54, 1.807) is 17.8 Å². The van der Waals surface area contributed by atoms with E-state index in [0.29, 0.717) is 18.5 Å². The van der Waals surface area contributed by atoms with Crippen molar-refractivity contribution < 1.29 is 9.59 Å². The molecule has 0 spiro atoms. The summed E-state index contributed by atoms with van der Waals surface area (Å²) in [7, 11) is 1.80. The summed E-state index contributed by atoms with van der Waals surface area (Å²) in [5, 5.41) is 7.63. The normalized spacial score (nSPS) is 19.7. The summed E-state index contributed by atoms with van der Waals surface area (Å²) >= 11 is 0. The van der Waals surface area contributed by atoms with E-state index in [4.69, 9.17) is 5.73 Å². The van der Waals surface area contributed by atoms with Crippen LogP contribution in [0.15, 0.2) is 18.2 Å². The van der Waals surface area contributed by atoms with Gasteiger partial charge >= 0.3 is 0 Å². The lowest BCUT2D eigenvalue weighted by atomic mass is 9.92. The number of hydrogen-bond donors (Lipinski definition) is 2. The smallest absolute Gasteiger partial charge is 0.235 e. The van der Waals surface area contributed by atoms with Gasteiger partial charge in [-0.3, -0.25) is 19.6 Å². The number of benzene rings is 1. The van der Waals surface area contributed by atoms with E-state index in [0.717, 1.165) is 16.6 Å². The monoisotopic (exact) mass is 258 g/mol. The lowest BCUT2D eigenvalue weighted by Crippen LogP contribution is -2.40. The maximum absolute atomic E-state index is 12.0. The number of nitrogens with two attached hydrogens (primary N) is 1. The third-order valence-electron chi connectivity index (χ3n) is 3.47. The Morgan fingerprint density at radius 3 is 2.95 bits per heavy atom. The minimum Gasteiger partial charge on any atom is -0.399 e. The van der Waals surface area contributed by atoms with Crippen LogP contribution in [0.25, 0.3) is 10.9 Å². The highest BCUT2D eigenvalue weighted by Gasteiger charge is 2.31. The van der Waals surface area contributed by atoms with E-state index in [9.17, 15) is 9.59 Å². The van der Waals surface area contributed by atoms with Crippen molar-refractivity contribution in [3.05, 3.63) is 23.9 Å². The summed E-state index contributed by atoms with van der Waals surface area (Å²) in [6, 6.07) is 5.44. The fraction of sp³-hybridized carbons (Fsp3) is 0.308. The van der Waals surface area contributed by atoms with Crippen LogP contribution in [0.1, 0.15) is 24.5 Å². The number of imide groups is 1. The Morgan fingerprint density at radius 2 is 2.21 bits per heavy atom. The summed E-state index contributed by atoms with van der Waals surface area (Å²) in [4.78, 5) is 23.2. The molecule has 1 aromatic carbocycles. The molecule has 6 heteroatoms. The zero-order valence-corrected chi connectivity index (χ0v) is 10.5. The third-order valence-corrected chi connectivity index (χ3v) is 3.47. The van der Waals surface area contributed by atoms with Crippen molar-refractivity contribution in [1.82, 2.24) is 15.1 Å². The number of aryl methyl sites for hydroxylation is 1. The molecule has 6 nitrogen and oxygen atoms in total. The van der Waals surface area contributed by atoms with Crippen LogP contribution in [0.2, 0.25) is 0 Å². The molecule has 2 aromatic rings. The number of anilines is 1. The van der Waals surface area contributed by atoms with Crippen LogP contribution in [0, 0.1) is 0 Å². The Labute approximate surface area is 109 Å². The number of piperidine rings is 1. The Balaban J connectivity index is 2.14. The van der Waals surface area contributed by atoms with Crippen molar-refractivity contribution >= 4 is 28.4 Å². The van der Waals surface area contributed by atoms with Crippen LogP contribution < -0.4 is 11.1 Å². The van der Waals surface area contributed by atoms with E-state index >= 15 is 0 Å². The number of rotatable bonds is 1. The average molecular weight is 258 g/mol. The molecule has 0 aliphatic carbocycles.